The number of fused-ring (bicyclic) bond motifs is 1. The highest BCUT2D eigenvalue weighted by Crippen LogP contribution is 2.35. The van der Waals surface area contributed by atoms with Crippen molar-refractivity contribution in [2.75, 3.05) is 18.0 Å². The maximum Gasteiger partial charge on any atom is 0.177 e. The molecule has 1 saturated heterocycles. The second-order valence-electron chi connectivity index (χ2n) is 8.55. The number of ether oxygens (including phenoxy) is 1. The number of anilines is 1. The highest BCUT2D eigenvalue weighted by atomic mass is 35.5. The fourth-order valence-corrected chi connectivity index (χ4v) is 4.66. The number of hydrogen-bond acceptors (Lipinski definition) is 8. The van der Waals surface area contributed by atoms with Crippen molar-refractivity contribution in [2.45, 2.75) is 18.7 Å². The van der Waals surface area contributed by atoms with Crippen LogP contribution in [0.3, 0.4) is 0 Å². The zero-order valence-electron chi connectivity index (χ0n) is 18.1. The molecule has 1 atom stereocenters. The van der Waals surface area contributed by atoms with Crippen molar-refractivity contribution < 1.29 is 4.74 Å². The van der Waals surface area contributed by atoms with Crippen LogP contribution >= 0.6 is 23.2 Å². The molecule has 4 aromatic rings. The number of nitrogens with two attached hydrogens (primary N) is 2. The molecule has 0 bridgehead atoms. The van der Waals surface area contributed by atoms with Crippen LogP contribution in [0.5, 0.6) is 5.75 Å². The molecule has 4 heterocycles. The fraction of sp³-hybridized carbons (Fsp3) is 0.217. The van der Waals surface area contributed by atoms with Gasteiger partial charge in [0.25, 0.3) is 0 Å². The number of nitriles is 1. The molecule has 3 aromatic heterocycles. The molecule has 1 fully saturated rings. The zero-order chi connectivity index (χ0) is 24.0. The Labute approximate surface area is 205 Å². The van der Waals surface area contributed by atoms with Crippen LogP contribution in [0.1, 0.15) is 24.3 Å². The first-order valence-corrected chi connectivity index (χ1v) is 11.1. The van der Waals surface area contributed by atoms with E-state index in [-0.39, 0.29) is 5.54 Å². The number of aromatic amines is 1. The van der Waals surface area contributed by atoms with E-state index >= 15 is 0 Å². The molecular formula is C23H20Cl2N8O. The summed E-state index contributed by atoms with van der Waals surface area (Å²) in [5.41, 5.74) is 15.1. The number of nitrogens with zero attached hydrogens (tertiary/aromatic N) is 5. The van der Waals surface area contributed by atoms with Crippen LogP contribution in [0.15, 0.2) is 42.9 Å². The topological polar surface area (TPSA) is 143 Å². The molecule has 1 aromatic carbocycles. The predicted molar refractivity (Wildman–Crippen MR) is 131 cm³/mol. The van der Waals surface area contributed by atoms with Gasteiger partial charge in [0, 0.05) is 53.7 Å². The number of benzene rings is 1. The Hall–Kier alpha value is -3.42. The second kappa shape index (κ2) is 8.42. The van der Waals surface area contributed by atoms with Crippen LogP contribution in [-0.2, 0) is 0 Å². The van der Waals surface area contributed by atoms with Crippen molar-refractivity contribution >= 4 is 39.9 Å². The minimum atomic E-state index is -0.897. The van der Waals surface area contributed by atoms with Crippen LogP contribution in [0.2, 0.25) is 10.0 Å². The van der Waals surface area contributed by atoms with E-state index in [1.165, 1.54) is 12.4 Å². The van der Waals surface area contributed by atoms with Gasteiger partial charge < -0.3 is 15.4 Å². The summed E-state index contributed by atoms with van der Waals surface area (Å²) in [6.07, 6.45) is 3.72. The van der Waals surface area contributed by atoms with Gasteiger partial charge in [-0.15, -0.1) is 0 Å². The molecule has 0 spiro atoms. The van der Waals surface area contributed by atoms with Crippen LogP contribution in [0.4, 0.5) is 5.82 Å². The van der Waals surface area contributed by atoms with Gasteiger partial charge in [0.15, 0.2) is 6.23 Å². The first-order valence-electron chi connectivity index (χ1n) is 10.4. The molecule has 0 amide bonds. The molecule has 0 unspecified atom stereocenters. The average Bonchev–Trinajstić information content (AvgIpc) is 3.20. The molecule has 0 radical (unpaired) electrons. The third-order valence-corrected chi connectivity index (χ3v) is 6.24. The summed E-state index contributed by atoms with van der Waals surface area (Å²) in [6, 6.07) is 9.42. The maximum atomic E-state index is 9.71. The molecule has 0 aliphatic carbocycles. The van der Waals surface area contributed by atoms with Gasteiger partial charge in [-0.3, -0.25) is 15.8 Å². The number of hydrogen-bond donors (Lipinski definition) is 3. The minimum absolute atomic E-state index is 0.270. The standard InChI is InChI=1S/C23H20Cl2N8O/c1-23(28)10-33(11-23)22-12(6-26)4-13(7-30-22)20-15-5-14(2-3-18(15)31-32-20)34-21(27)19-16(24)8-29-9-17(19)25/h2-5,7-9,21H,10-11,27-28H2,1H3,(H,31,32)/t21-/m0/s1. The Kier molecular flexibility index (Phi) is 5.54. The van der Waals surface area contributed by atoms with Gasteiger partial charge in [0.1, 0.15) is 23.3 Å². The highest BCUT2D eigenvalue weighted by molar-refractivity contribution is 6.35. The fourth-order valence-electron chi connectivity index (χ4n) is 4.08. The second-order valence-corrected chi connectivity index (χ2v) is 9.37. The van der Waals surface area contributed by atoms with Gasteiger partial charge >= 0.3 is 0 Å². The van der Waals surface area contributed by atoms with Crippen LogP contribution < -0.4 is 21.1 Å². The SMILES string of the molecule is CC1(N)CN(c2ncc(-c3n[nH]c4ccc(O[C@H](N)c5c(Cl)cncc5Cl)cc34)cc2C#N)C1. The van der Waals surface area contributed by atoms with E-state index in [0.717, 1.165) is 10.9 Å². The lowest BCUT2D eigenvalue weighted by molar-refractivity contribution is 0.214. The third-order valence-electron chi connectivity index (χ3n) is 5.64. The van der Waals surface area contributed by atoms with E-state index in [1.54, 1.807) is 18.3 Å². The molecule has 1 aliphatic rings. The van der Waals surface area contributed by atoms with Crippen molar-refractivity contribution in [2.24, 2.45) is 11.5 Å². The van der Waals surface area contributed by atoms with E-state index < -0.39 is 6.23 Å². The van der Waals surface area contributed by atoms with Crippen LogP contribution in [0.25, 0.3) is 22.2 Å². The molecule has 11 heteroatoms. The van der Waals surface area contributed by atoms with Crippen molar-refractivity contribution in [3.05, 3.63) is 64.0 Å². The lowest BCUT2D eigenvalue weighted by Crippen LogP contribution is -2.66. The number of nitrogens with one attached hydrogen (secondary N) is 1. The summed E-state index contributed by atoms with van der Waals surface area (Å²) in [4.78, 5) is 10.5. The quantitative estimate of drug-likeness (QED) is 0.355. The Balaban J connectivity index is 1.46. The van der Waals surface area contributed by atoms with Crippen molar-refractivity contribution in [1.29, 1.82) is 5.26 Å². The van der Waals surface area contributed by atoms with Gasteiger partial charge in [-0.25, -0.2) is 4.98 Å². The van der Waals surface area contributed by atoms with Crippen LogP contribution in [0, 0.1) is 11.3 Å². The maximum absolute atomic E-state index is 9.71. The van der Waals surface area contributed by atoms with Crippen molar-refractivity contribution in [3.8, 4) is 23.1 Å². The van der Waals surface area contributed by atoms with E-state index in [2.05, 4.69) is 26.2 Å². The monoisotopic (exact) mass is 494 g/mol. The molecule has 1 aliphatic heterocycles. The number of halogens is 2. The Morgan fingerprint density at radius 3 is 2.62 bits per heavy atom. The first kappa shape index (κ1) is 22.4. The van der Waals surface area contributed by atoms with E-state index in [0.29, 0.717) is 57.1 Å². The lowest BCUT2D eigenvalue weighted by atomic mass is 9.93. The Bertz CT molecular complexity index is 1420. The Morgan fingerprint density at radius 1 is 1.21 bits per heavy atom. The highest BCUT2D eigenvalue weighted by Gasteiger charge is 2.36. The summed E-state index contributed by atoms with van der Waals surface area (Å²) in [7, 11) is 0. The molecule has 5 rings (SSSR count). The minimum Gasteiger partial charge on any atom is -0.471 e. The zero-order valence-corrected chi connectivity index (χ0v) is 19.6. The first-order chi connectivity index (χ1) is 16.3. The van der Waals surface area contributed by atoms with Crippen LogP contribution in [-0.4, -0.2) is 38.8 Å². The van der Waals surface area contributed by atoms with Crippen molar-refractivity contribution in [1.82, 2.24) is 20.2 Å². The largest absolute Gasteiger partial charge is 0.471 e. The number of rotatable bonds is 5. The van der Waals surface area contributed by atoms with E-state index in [9.17, 15) is 5.26 Å². The summed E-state index contributed by atoms with van der Waals surface area (Å²) in [6.45, 7) is 3.26. The number of aromatic nitrogens is 4. The molecule has 172 valence electrons. The summed E-state index contributed by atoms with van der Waals surface area (Å²) in [5, 5.41) is 18.6. The van der Waals surface area contributed by atoms with Gasteiger partial charge in [-0.2, -0.15) is 10.4 Å². The van der Waals surface area contributed by atoms with E-state index in [1.807, 2.05) is 24.0 Å². The molecule has 0 saturated carbocycles. The van der Waals surface area contributed by atoms with Gasteiger partial charge in [0.2, 0.25) is 0 Å². The number of H-pyrrole nitrogens is 1. The van der Waals surface area contributed by atoms with Crippen molar-refractivity contribution in [3.63, 3.8) is 0 Å². The van der Waals surface area contributed by atoms with Gasteiger partial charge in [-0.1, -0.05) is 23.2 Å². The van der Waals surface area contributed by atoms with Gasteiger partial charge in [0.05, 0.1) is 21.1 Å². The molecule has 34 heavy (non-hydrogen) atoms. The molecule has 5 N–H and O–H groups in total. The summed E-state index contributed by atoms with van der Waals surface area (Å²) >= 11 is 12.4. The predicted octanol–water partition coefficient (Wildman–Crippen LogP) is 3.77. The van der Waals surface area contributed by atoms with E-state index in [4.69, 9.17) is 39.4 Å². The lowest BCUT2D eigenvalue weighted by Gasteiger charge is -2.46. The Morgan fingerprint density at radius 2 is 1.94 bits per heavy atom. The number of pyridine rings is 2. The smallest absolute Gasteiger partial charge is 0.177 e. The van der Waals surface area contributed by atoms with Gasteiger partial charge in [-0.05, 0) is 31.2 Å². The summed E-state index contributed by atoms with van der Waals surface area (Å²) < 4.78 is 5.92. The molecule has 9 nitrogen and oxygen atoms in total. The third kappa shape index (κ3) is 4.02. The molecular weight excluding hydrogens is 475 g/mol. The average molecular weight is 495 g/mol. The summed E-state index contributed by atoms with van der Waals surface area (Å²) in [5.74, 6) is 1.12. The normalized spacial score (nSPS) is 15.6.